The van der Waals surface area contributed by atoms with Crippen LogP contribution in [0.4, 0.5) is 0 Å². The van der Waals surface area contributed by atoms with Crippen LogP contribution in [0, 0.1) is 18.4 Å². The number of pyridine rings is 1. The molecule has 3 aromatic heterocycles. The average Bonchev–Trinajstić information content (AvgIpc) is 3.77. The minimum atomic E-state index is 0. The van der Waals surface area contributed by atoms with Gasteiger partial charge in [0.2, 0.25) is 0 Å². The Hall–Kier alpha value is -5.45. The maximum atomic E-state index is 8.09. The molecule has 0 saturated heterocycles. The fraction of sp³-hybridized carbons (Fsp3) is 0.0222. The molecule has 0 spiro atoms. The van der Waals surface area contributed by atoms with Crippen molar-refractivity contribution in [2.75, 3.05) is 0 Å². The monoisotopic (exact) mass is 839 g/mol. The van der Waals surface area contributed by atoms with Crippen molar-refractivity contribution < 1.29 is 21.5 Å². The molecule has 6 aromatic carbocycles. The van der Waals surface area contributed by atoms with Crippen molar-refractivity contribution in [1.82, 2.24) is 14.5 Å². The summed E-state index contributed by atoms with van der Waals surface area (Å²) in [6.07, 6.45) is 1.79. The maximum absolute atomic E-state index is 8.09. The van der Waals surface area contributed by atoms with E-state index in [9.17, 15) is 0 Å². The van der Waals surface area contributed by atoms with E-state index in [-0.39, 0.29) is 20.1 Å². The van der Waals surface area contributed by atoms with E-state index in [4.69, 9.17) is 6.35 Å². The van der Waals surface area contributed by atoms with Gasteiger partial charge in [0.15, 0.2) is 0 Å². The molecular formula is C45H31IrN3S-2. The molecule has 9 rings (SSSR count). The summed E-state index contributed by atoms with van der Waals surface area (Å²) in [6, 6.07) is 57.2. The Morgan fingerprint density at radius 2 is 1.38 bits per heavy atom. The minimum Gasteiger partial charge on any atom is -0.332 e. The Bertz CT molecular complexity index is 2450. The number of benzene rings is 6. The molecule has 0 saturated carbocycles. The molecule has 0 N–H and O–H groups in total. The number of hydrogen-bond donors (Lipinski definition) is 0. The average molecular weight is 839 g/mol. The Morgan fingerprint density at radius 3 is 2.06 bits per heavy atom. The van der Waals surface area contributed by atoms with Gasteiger partial charge in [-0.15, -0.1) is 47.3 Å². The second-order valence-electron chi connectivity index (χ2n) is 11.7. The van der Waals surface area contributed by atoms with E-state index in [0.717, 1.165) is 71.7 Å². The van der Waals surface area contributed by atoms with Gasteiger partial charge in [0.1, 0.15) is 0 Å². The van der Waals surface area contributed by atoms with Gasteiger partial charge in [-0.05, 0) is 59.6 Å². The van der Waals surface area contributed by atoms with Gasteiger partial charge in [-0.2, -0.15) is 0 Å². The SMILES string of the molecule is [2H]c1ccc2c(-c3nc4ccccc4n3-c3c(-c4ccccc4)cc(C)cc3-c3ccccc3)[c-]sc2c1.[Ir].[c-]1ccccc1-c1ccccn1. The van der Waals surface area contributed by atoms with Crippen LogP contribution in [0.25, 0.3) is 71.7 Å². The third-order valence-corrected chi connectivity index (χ3v) is 9.30. The van der Waals surface area contributed by atoms with Gasteiger partial charge in [0.05, 0.1) is 23.9 Å². The zero-order valence-electron chi connectivity index (χ0n) is 28.2. The number of nitrogens with zero attached hydrogens (tertiary/aromatic N) is 3. The zero-order chi connectivity index (χ0) is 33.9. The summed E-state index contributed by atoms with van der Waals surface area (Å²) >= 11 is 1.54. The molecule has 0 atom stereocenters. The van der Waals surface area contributed by atoms with E-state index in [1.54, 1.807) is 17.5 Å². The molecule has 9 aromatic rings. The van der Waals surface area contributed by atoms with Crippen LogP contribution in [0.2, 0.25) is 0 Å². The number of para-hydroxylation sites is 2. The van der Waals surface area contributed by atoms with E-state index < -0.39 is 0 Å². The first kappa shape index (κ1) is 31.8. The van der Waals surface area contributed by atoms with Crippen molar-refractivity contribution in [2.45, 2.75) is 6.92 Å². The summed E-state index contributed by atoms with van der Waals surface area (Å²) in [5.41, 5.74) is 11.9. The molecule has 243 valence electrons. The van der Waals surface area contributed by atoms with Crippen molar-refractivity contribution >= 4 is 32.5 Å². The molecule has 3 heterocycles. The van der Waals surface area contributed by atoms with E-state index in [0.29, 0.717) is 6.04 Å². The van der Waals surface area contributed by atoms with Gasteiger partial charge in [0, 0.05) is 37.4 Å². The fourth-order valence-corrected chi connectivity index (χ4v) is 7.04. The predicted octanol–water partition coefficient (Wildman–Crippen LogP) is 11.9. The molecule has 0 bridgehead atoms. The van der Waals surface area contributed by atoms with Crippen molar-refractivity contribution in [3.05, 3.63) is 187 Å². The van der Waals surface area contributed by atoms with Gasteiger partial charge < -0.3 is 9.55 Å². The molecule has 3 nitrogen and oxygen atoms in total. The van der Waals surface area contributed by atoms with Crippen molar-refractivity contribution in [3.8, 4) is 50.6 Å². The Kier molecular flexibility index (Phi) is 9.53. The topological polar surface area (TPSA) is 30.7 Å². The van der Waals surface area contributed by atoms with Crippen LogP contribution in [0.15, 0.2) is 170 Å². The summed E-state index contributed by atoms with van der Waals surface area (Å²) < 4.78 is 11.4. The molecule has 50 heavy (non-hydrogen) atoms. The number of imidazole rings is 1. The zero-order valence-corrected chi connectivity index (χ0v) is 30.4. The second kappa shape index (κ2) is 15.0. The van der Waals surface area contributed by atoms with Crippen molar-refractivity contribution in [2.24, 2.45) is 0 Å². The first-order chi connectivity index (χ1) is 24.6. The van der Waals surface area contributed by atoms with E-state index in [1.807, 2.05) is 66.7 Å². The molecular weight excluding hydrogens is 807 g/mol. The Morgan fingerprint density at radius 1 is 0.700 bits per heavy atom. The Labute approximate surface area is 311 Å². The number of hydrogen-bond acceptors (Lipinski definition) is 3. The Balaban J connectivity index is 0.000000265. The number of aromatic nitrogens is 3. The number of rotatable bonds is 5. The van der Waals surface area contributed by atoms with Crippen LogP contribution in [-0.2, 0) is 20.1 Å². The molecule has 0 amide bonds. The molecule has 0 unspecified atom stereocenters. The summed E-state index contributed by atoms with van der Waals surface area (Å²) in [4.78, 5) is 9.41. The second-order valence-corrected chi connectivity index (χ2v) is 12.5. The number of thiophene rings is 1. The maximum Gasteiger partial charge on any atom is 0.0774 e. The molecule has 0 aliphatic carbocycles. The van der Waals surface area contributed by atoms with Crippen LogP contribution >= 0.6 is 11.3 Å². The molecule has 0 fully saturated rings. The van der Waals surface area contributed by atoms with Crippen LogP contribution in [-0.4, -0.2) is 14.5 Å². The first-order valence-electron chi connectivity index (χ1n) is 16.7. The van der Waals surface area contributed by atoms with Gasteiger partial charge in [0.25, 0.3) is 0 Å². The minimum absolute atomic E-state index is 0. The smallest absolute Gasteiger partial charge is 0.0774 e. The third-order valence-electron chi connectivity index (χ3n) is 8.44. The van der Waals surface area contributed by atoms with Gasteiger partial charge in [-0.25, -0.2) is 0 Å². The molecule has 0 aliphatic rings. The van der Waals surface area contributed by atoms with Crippen LogP contribution < -0.4 is 0 Å². The quantitative estimate of drug-likeness (QED) is 0.162. The first-order valence-corrected chi connectivity index (χ1v) is 17.0. The van der Waals surface area contributed by atoms with Crippen LogP contribution in [0.3, 0.4) is 0 Å². The van der Waals surface area contributed by atoms with E-state index in [1.165, 1.54) is 5.56 Å². The van der Waals surface area contributed by atoms with Crippen molar-refractivity contribution in [3.63, 3.8) is 0 Å². The van der Waals surface area contributed by atoms with E-state index in [2.05, 4.69) is 119 Å². The molecule has 5 heteroatoms. The number of fused-ring (bicyclic) bond motifs is 2. The number of aryl methyl sites for hydroxylation is 1. The third kappa shape index (κ3) is 6.59. The molecule has 0 aliphatic heterocycles. The van der Waals surface area contributed by atoms with Crippen LogP contribution in [0.5, 0.6) is 0 Å². The van der Waals surface area contributed by atoms with E-state index >= 15 is 0 Å². The fourth-order valence-electron chi connectivity index (χ4n) is 6.22. The summed E-state index contributed by atoms with van der Waals surface area (Å²) in [7, 11) is 0. The van der Waals surface area contributed by atoms with Crippen molar-refractivity contribution in [1.29, 1.82) is 0 Å². The largest absolute Gasteiger partial charge is 0.332 e. The van der Waals surface area contributed by atoms with Gasteiger partial charge >= 0.3 is 0 Å². The van der Waals surface area contributed by atoms with Gasteiger partial charge in [-0.1, -0.05) is 119 Å². The molecule has 1 radical (unpaired) electrons. The van der Waals surface area contributed by atoms with Crippen LogP contribution in [0.1, 0.15) is 6.93 Å². The summed E-state index contributed by atoms with van der Waals surface area (Å²) in [6.45, 7) is 2.16. The standard InChI is InChI=1S/C34H23N2S.C11H8N.Ir/c1-23-20-27(24-12-4-2-5-13-24)33(28(21-23)25-14-6-3-7-15-25)36-31-18-10-9-17-30(31)35-34(36)29-22-37-32-19-11-8-16-26(29)32;1-2-6-10(7-3-1)11-8-4-5-9-12-11;/h2-21H,1H3;1-6,8-9H;/q2*-1;/i11D;;. The normalized spacial score (nSPS) is 11.0. The summed E-state index contributed by atoms with van der Waals surface area (Å²) in [5, 5.41) is 4.60. The summed E-state index contributed by atoms with van der Waals surface area (Å²) in [5.74, 6) is 0.855. The predicted molar refractivity (Wildman–Crippen MR) is 205 cm³/mol. The van der Waals surface area contributed by atoms with Gasteiger partial charge in [-0.3, -0.25) is 16.3 Å².